The number of alkyl halides is 3. The van der Waals surface area contributed by atoms with E-state index in [1.165, 1.54) is 37.0 Å². The predicted octanol–water partition coefficient (Wildman–Crippen LogP) is 7.59. The number of nitrogens with zero attached hydrogens (tertiary/aromatic N) is 3. The van der Waals surface area contributed by atoms with Gasteiger partial charge < -0.3 is 0 Å². The molecule has 2 heterocycles. The Balaban J connectivity index is 1.39. The van der Waals surface area contributed by atoms with Crippen LogP contribution in [0.25, 0.3) is 28.0 Å². The van der Waals surface area contributed by atoms with Crippen molar-refractivity contribution in [2.24, 2.45) is 17.8 Å². The Kier molecular flexibility index (Phi) is 5.21. The summed E-state index contributed by atoms with van der Waals surface area (Å²) in [7, 11) is 0. The fourth-order valence-electron chi connectivity index (χ4n) is 8.69. The lowest BCUT2D eigenvalue weighted by Crippen LogP contribution is -2.49. The number of nitriles is 1. The molecule has 0 amide bonds. The third-order valence-electron chi connectivity index (χ3n) is 10.2. The molecule has 0 radical (unpaired) electrons. The molecule has 0 spiro atoms. The van der Waals surface area contributed by atoms with Gasteiger partial charge in [-0.15, -0.1) is 0 Å². The number of benzene rings is 2. The minimum Gasteiger partial charge on any atom is -0.293 e. The number of fused-ring (bicyclic) bond motifs is 1. The first kappa shape index (κ1) is 24.9. The van der Waals surface area contributed by atoms with Gasteiger partial charge in [-0.05, 0) is 98.9 Å². The molecule has 5 aliphatic rings. The molecular weight excluding hydrogens is 525 g/mol. The average molecular weight is 555 g/mol. The van der Waals surface area contributed by atoms with Crippen molar-refractivity contribution in [3.05, 3.63) is 81.3 Å². The van der Waals surface area contributed by atoms with E-state index < -0.39 is 11.7 Å². The zero-order chi connectivity index (χ0) is 28.1. The highest BCUT2D eigenvalue weighted by molar-refractivity contribution is 5.82. The molecule has 4 aromatic rings. The molecule has 5 aliphatic carbocycles. The van der Waals surface area contributed by atoms with Crippen molar-refractivity contribution in [2.75, 3.05) is 0 Å². The van der Waals surface area contributed by atoms with Crippen molar-refractivity contribution in [1.29, 1.82) is 5.26 Å². The number of hydrogen-bond acceptors (Lipinski definition) is 3. The standard InChI is InChI=1S/C33H29F3N4O/c34-33(35,36)25-9-7-23(8-10-25)28-26(22-3-1-18(17-37)2-4-22)31(41)40-30(38-28)27(29(39-40)24-5-6-24)32-14-19-11-20(15-32)13-21(12-19)16-32/h1-4,7-10,19-21,24,39H,5-6,11-16H2. The highest BCUT2D eigenvalue weighted by Crippen LogP contribution is 2.62. The zero-order valence-corrected chi connectivity index (χ0v) is 22.5. The van der Waals surface area contributed by atoms with Crippen LogP contribution in [0.3, 0.4) is 0 Å². The third kappa shape index (κ3) is 3.88. The van der Waals surface area contributed by atoms with Crippen LogP contribution in [0.5, 0.6) is 0 Å². The van der Waals surface area contributed by atoms with Gasteiger partial charge in [-0.25, -0.2) is 9.50 Å². The Labute approximate surface area is 235 Å². The lowest BCUT2D eigenvalue weighted by atomic mass is 9.48. The van der Waals surface area contributed by atoms with Crippen molar-refractivity contribution in [3.8, 4) is 28.5 Å². The van der Waals surface area contributed by atoms with Gasteiger partial charge in [0, 0.05) is 28.2 Å². The van der Waals surface area contributed by atoms with E-state index in [0.29, 0.717) is 57.3 Å². The number of hydrogen-bond donors (Lipinski definition) is 1. The number of rotatable bonds is 4. The number of aromatic nitrogens is 3. The predicted molar refractivity (Wildman–Crippen MR) is 148 cm³/mol. The summed E-state index contributed by atoms with van der Waals surface area (Å²) < 4.78 is 41.8. The maximum absolute atomic E-state index is 14.4. The minimum absolute atomic E-state index is 0.00919. The van der Waals surface area contributed by atoms with Crippen molar-refractivity contribution < 1.29 is 13.2 Å². The van der Waals surface area contributed by atoms with E-state index in [-0.39, 0.29) is 11.0 Å². The molecule has 0 saturated heterocycles. The number of halogens is 3. The van der Waals surface area contributed by atoms with Crippen molar-refractivity contribution >= 4 is 5.65 Å². The van der Waals surface area contributed by atoms with Gasteiger partial charge in [-0.2, -0.15) is 18.4 Å². The second-order valence-electron chi connectivity index (χ2n) is 12.9. The van der Waals surface area contributed by atoms with Gasteiger partial charge in [-0.1, -0.05) is 24.3 Å². The van der Waals surface area contributed by atoms with Gasteiger partial charge in [0.15, 0.2) is 5.65 Å². The molecule has 9 rings (SSSR count). The van der Waals surface area contributed by atoms with Crippen LogP contribution in [0.15, 0.2) is 53.3 Å². The summed E-state index contributed by atoms with van der Waals surface area (Å²) in [5.41, 5.74) is 4.11. The summed E-state index contributed by atoms with van der Waals surface area (Å²) in [4.78, 5) is 19.6. The van der Waals surface area contributed by atoms with Crippen molar-refractivity contribution in [2.45, 2.75) is 68.9 Å². The van der Waals surface area contributed by atoms with Crippen LogP contribution < -0.4 is 5.56 Å². The van der Waals surface area contributed by atoms with Crippen LogP contribution in [-0.2, 0) is 11.6 Å². The van der Waals surface area contributed by atoms with Crippen molar-refractivity contribution in [3.63, 3.8) is 0 Å². The Morgan fingerprint density at radius 3 is 2.02 bits per heavy atom. The number of nitrogens with one attached hydrogen (secondary N) is 1. The highest BCUT2D eigenvalue weighted by Gasteiger charge is 2.54. The normalized spacial score (nSPS) is 26.9. The van der Waals surface area contributed by atoms with Gasteiger partial charge in [0.2, 0.25) is 0 Å². The number of aromatic amines is 1. The quantitative estimate of drug-likeness (QED) is 0.282. The fraction of sp³-hybridized carbons (Fsp3) is 0.424. The topological polar surface area (TPSA) is 73.9 Å². The SMILES string of the molecule is N#Cc1ccc(-c2c(-c3ccc(C(F)(F)F)cc3)nc3c(C45CC6CC(CC(C6)C4)C5)c(C4CC4)[nH]n3c2=O)cc1. The summed E-state index contributed by atoms with van der Waals surface area (Å²) in [6, 6.07) is 13.7. The first-order valence-electron chi connectivity index (χ1n) is 14.6. The van der Waals surface area contributed by atoms with Crippen LogP contribution in [-0.4, -0.2) is 14.6 Å². The second-order valence-corrected chi connectivity index (χ2v) is 12.9. The molecule has 0 atom stereocenters. The van der Waals surface area contributed by atoms with Crippen LogP contribution in [0.2, 0.25) is 0 Å². The molecule has 1 N–H and O–H groups in total. The minimum atomic E-state index is -4.46. The van der Waals surface area contributed by atoms with Gasteiger partial charge in [-0.3, -0.25) is 9.89 Å². The maximum atomic E-state index is 14.4. The molecule has 4 bridgehead atoms. The molecule has 208 valence electrons. The Bertz CT molecular complexity index is 1750. The number of H-pyrrole nitrogens is 1. The van der Waals surface area contributed by atoms with Crippen LogP contribution >= 0.6 is 0 Å². The Morgan fingerprint density at radius 1 is 0.902 bits per heavy atom. The molecule has 5 fully saturated rings. The lowest BCUT2D eigenvalue weighted by Gasteiger charge is -2.57. The summed E-state index contributed by atoms with van der Waals surface area (Å²) in [5, 5.41) is 12.8. The van der Waals surface area contributed by atoms with Crippen LogP contribution in [0, 0.1) is 29.1 Å². The summed E-state index contributed by atoms with van der Waals surface area (Å²) in [6.45, 7) is 0. The fourth-order valence-corrected chi connectivity index (χ4v) is 8.69. The van der Waals surface area contributed by atoms with E-state index in [9.17, 15) is 23.2 Å². The van der Waals surface area contributed by atoms with Gasteiger partial charge in [0.25, 0.3) is 5.56 Å². The Hall–Kier alpha value is -3.86. The highest BCUT2D eigenvalue weighted by atomic mass is 19.4. The second kappa shape index (κ2) is 8.58. The molecule has 41 heavy (non-hydrogen) atoms. The largest absolute Gasteiger partial charge is 0.416 e. The molecule has 0 unspecified atom stereocenters. The summed E-state index contributed by atoms with van der Waals surface area (Å²) in [6.07, 6.45) is 4.95. The van der Waals surface area contributed by atoms with E-state index in [4.69, 9.17) is 4.98 Å². The molecule has 8 heteroatoms. The van der Waals surface area contributed by atoms with Crippen LogP contribution in [0.4, 0.5) is 13.2 Å². The molecule has 2 aromatic heterocycles. The molecular formula is C33H29F3N4O. The van der Waals surface area contributed by atoms with E-state index in [2.05, 4.69) is 11.2 Å². The van der Waals surface area contributed by atoms with Gasteiger partial charge >= 0.3 is 6.18 Å². The van der Waals surface area contributed by atoms with Gasteiger partial charge in [0.1, 0.15) is 0 Å². The van der Waals surface area contributed by atoms with E-state index in [0.717, 1.165) is 49.9 Å². The van der Waals surface area contributed by atoms with E-state index in [1.807, 2.05) is 0 Å². The molecule has 5 saturated carbocycles. The smallest absolute Gasteiger partial charge is 0.293 e. The molecule has 5 nitrogen and oxygen atoms in total. The first-order valence-corrected chi connectivity index (χ1v) is 14.6. The van der Waals surface area contributed by atoms with Crippen molar-refractivity contribution in [1.82, 2.24) is 14.6 Å². The lowest BCUT2D eigenvalue weighted by molar-refractivity contribution is -0.137. The monoisotopic (exact) mass is 554 g/mol. The van der Waals surface area contributed by atoms with Crippen LogP contribution in [0.1, 0.15) is 79.7 Å². The van der Waals surface area contributed by atoms with Gasteiger partial charge in [0.05, 0.1) is 28.5 Å². The zero-order valence-electron chi connectivity index (χ0n) is 22.5. The summed E-state index contributed by atoms with van der Waals surface area (Å²) in [5.74, 6) is 2.51. The Morgan fingerprint density at radius 2 is 1.49 bits per heavy atom. The molecule has 2 aromatic carbocycles. The first-order chi connectivity index (χ1) is 19.7. The summed E-state index contributed by atoms with van der Waals surface area (Å²) >= 11 is 0. The third-order valence-corrected chi connectivity index (χ3v) is 10.2. The van der Waals surface area contributed by atoms with E-state index in [1.54, 1.807) is 28.8 Å². The average Bonchev–Trinajstić information content (AvgIpc) is 3.71. The van der Waals surface area contributed by atoms with E-state index >= 15 is 0 Å². The molecule has 0 aliphatic heterocycles. The maximum Gasteiger partial charge on any atom is 0.416 e.